The lowest BCUT2D eigenvalue weighted by Crippen LogP contribution is -2.36. The van der Waals surface area contributed by atoms with Crippen LogP contribution < -0.4 is 4.90 Å². The summed E-state index contributed by atoms with van der Waals surface area (Å²) in [5.74, 6) is -0.272. The molecule has 1 aromatic carbocycles. The molecule has 1 atom stereocenters. The summed E-state index contributed by atoms with van der Waals surface area (Å²) >= 11 is 0. The zero-order chi connectivity index (χ0) is 14.8. The van der Waals surface area contributed by atoms with E-state index in [0.717, 1.165) is 0 Å². The summed E-state index contributed by atoms with van der Waals surface area (Å²) < 4.78 is 4.77. The fraction of sp³-hybridized carbons (Fsp3) is 0.562. The van der Waals surface area contributed by atoms with Gasteiger partial charge in [0.05, 0.1) is 12.7 Å². The van der Waals surface area contributed by atoms with Gasteiger partial charge in [0, 0.05) is 24.2 Å². The molecule has 2 rings (SSSR count). The first-order chi connectivity index (χ1) is 8.89. The molecule has 0 N–H and O–H groups in total. The molecule has 0 amide bonds. The molecule has 1 aromatic rings. The predicted octanol–water partition coefficient (Wildman–Crippen LogP) is 3.62. The molecule has 0 aliphatic carbocycles. The quantitative estimate of drug-likeness (QED) is 0.725. The zero-order valence-electron chi connectivity index (χ0n) is 13.1. The maximum absolute atomic E-state index is 11.6. The molecular weight excluding hydrogens is 238 g/mol. The van der Waals surface area contributed by atoms with E-state index in [9.17, 15) is 4.79 Å². The number of nitrogens with zero attached hydrogens (tertiary/aromatic N) is 1. The van der Waals surface area contributed by atoms with Crippen LogP contribution in [0.1, 0.15) is 50.5 Å². The van der Waals surface area contributed by atoms with Crippen molar-refractivity contribution in [3.05, 3.63) is 29.3 Å². The van der Waals surface area contributed by atoms with Gasteiger partial charge in [-0.3, -0.25) is 0 Å². The van der Waals surface area contributed by atoms with Gasteiger partial charge in [-0.2, -0.15) is 0 Å². The smallest absolute Gasteiger partial charge is 0.337 e. The van der Waals surface area contributed by atoms with Gasteiger partial charge in [-0.05, 0) is 30.7 Å². The average Bonchev–Trinajstić information content (AvgIpc) is 2.61. The van der Waals surface area contributed by atoms with Crippen molar-refractivity contribution in [2.75, 3.05) is 19.1 Å². The van der Waals surface area contributed by atoms with Gasteiger partial charge in [0.15, 0.2) is 0 Å². The third-order valence-electron chi connectivity index (χ3n) is 4.12. The Bertz CT molecular complexity index is 466. The highest BCUT2D eigenvalue weighted by molar-refractivity contribution is 5.90. The summed E-state index contributed by atoms with van der Waals surface area (Å²) in [6.45, 7) is 10.6. The van der Waals surface area contributed by atoms with E-state index < -0.39 is 0 Å². The van der Waals surface area contributed by atoms with Crippen LogP contribution in [0.5, 0.6) is 0 Å². The number of carbonyl (C=O) groups excluding carboxylic acids is 1. The second-order valence-electron chi connectivity index (χ2n) is 5.23. The minimum Gasteiger partial charge on any atom is -0.465 e. The van der Waals surface area contributed by atoms with E-state index in [1.54, 1.807) is 0 Å². The molecule has 1 heterocycles. The van der Waals surface area contributed by atoms with Crippen molar-refractivity contribution in [1.82, 2.24) is 0 Å². The third-order valence-corrected chi connectivity index (χ3v) is 4.12. The number of benzene rings is 1. The lowest BCUT2D eigenvalue weighted by Gasteiger charge is -2.28. The molecule has 3 nitrogen and oxygen atoms in total. The van der Waals surface area contributed by atoms with Crippen molar-refractivity contribution >= 4 is 11.7 Å². The highest BCUT2D eigenvalue weighted by Crippen LogP contribution is 2.44. The number of likely N-dealkylation sites (N-methyl/N-ethyl adjacent to an activating group) is 1. The Balaban J connectivity index is 0.000000861. The number of hydrogen-bond donors (Lipinski definition) is 0. The van der Waals surface area contributed by atoms with Crippen LogP contribution in [0.15, 0.2) is 18.2 Å². The Labute approximate surface area is 116 Å². The van der Waals surface area contributed by atoms with Gasteiger partial charge >= 0.3 is 5.97 Å². The van der Waals surface area contributed by atoms with Crippen LogP contribution in [0.4, 0.5) is 5.69 Å². The Morgan fingerprint density at radius 3 is 2.42 bits per heavy atom. The number of fused-ring (bicyclic) bond motifs is 1. The number of anilines is 1. The van der Waals surface area contributed by atoms with Crippen molar-refractivity contribution < 1.29 is 9.53 Å². The van der Waals surface area contributed by atoms with E-state index in [1.807, 2.05) is 32.0 Å². The molecule has 0 radical (unpaired) electrons. The zero-order valence-corrected chi connectivity index (χ0v) is 13.1. The molecule has 0 bridgehead atoms. The Morgan fingerprint density at radius 2 is 1.89 bits per heavy atom. The van der Waals surface area contributed by atoms with Crippen molar-refractivity contribution in [2.45, 2.75) is 46.1 Å². The van der Waals surface area contributed by atoms with Crippen molar-refractivity contribution in [1.29, 1.82) is 0 Å². The van der Waals surface area contributed by atoms with Gasteiger partial charge < -0.3 is 9.64 Å². The van der Waals surface area contributed by atoms with Crippen molar-refractivity contribution in [3.8, 4) is 0 Å². The lowest BCUT2D eigenvalue weighted by molar-refractivity contribution is 0.0600. The number of methoxy groups -OCH3 is 1. The van der Waals surface area contributed by atoms with Crippen LogP contribution in [-0.4, -0.2) is 26.2 Å². The minimum absolute atomic E-state index is 0.0497. The van der Waals surface area contributed by atoms with Crippen LogP contribution in [0.2, 0.25) is 0 Å². The standard InChI is InChI=1S/C14H19NO2.C2H6/c1-9-14(2,3)11-8-10(13(16)17-5)6-7-12(11)15(9)4;1-2/h6-9H,1-5H3;1-2H3. The van der Waals surface area contributed by atoms with Gasteiger partial charge in [-0.1, -0.05) is 27.7 Å². The molecule has 1 aliphatic rings. The third kappa shape index (κ3) is 2.46. The van der Waals surface area contributed by atoms with E-state index in [2.05, 4.69) is 32.7 Å². The number of esters is 1. The highest BCUT2D eigenvalue weighted by atomic mass is 16.5. The molecular formula is C16H25NO2. The number of rotatable bonds is 1. The molecule has 19 heavy (non-hydrogen) atoms. The first kappa shape index (κ1) is 15.5. The molecule has 0 aromatic heterocycles. The summed E-state index contributed by atoms with van der Waals surface area (Å²) in [5.41, 5.74) is 3.10. The van der Waals surface area contributed by atoms with E-state index in [0.29, 0.717) is 11.6 Å². The summed E-state index contributed by atoms with van der Waals surface area (Å²) in [4.78, 5) is 13.8. The Kier molecular flexibility index (Phi) is 4.61. The summed E-state index contributed by atoms with van der Waals surface area (Å²) in [6.07, 6.45) is 0. The van der Waals surface area contributed by atoms with Crippen molar-refractivity contribution in [2.24, 2.45) is 0 Å². The number of carbonyl (C=O) groups is 1. The molecule has 1 unspecified atom stereocenters. The molecule has 3 heteroatoms. The van der Waals surface area contributed by atoms with E-state index in [-0.39, 0.29) is 11.4 Å². The second-order valence-corrected chi connectivity index (χ2v) is 5.23. The Hall–Kier alpha value is -1.51. The summed E-state index contributed by atoms with van der Waals surface area (Å²) in [5, 5.41) is 0. The minimum atomic E-state index is -0.272. The van der Waals surface area contributed by atoms with Crippen LogP contribution in [0.25, 0.3) is 0 Å². The van der Waals surface area contributed by atoms with Crippen LogP contribution in [0, 0.1) is 0 Å². The second kappa shape index (κ2) is 5.64. The van der Waals surface area contributed by atoms with E-state index >= 15 is 0 Å². The maximum atomic E-state index is 11.6. The first-order valence-corrected chi connectivity index (χ1v) is 6.85. The molecule has 0 saturated carbocycles. The molecule has 106 valence electrons. The molecule has 0 fully saturated rings. The monoisotopic (exact) mass is 263 g/mol. The fourth-order valence-electron chi connectivity index (χ4n) is 2.52. The molecule has 0 saturated heterocycles. The van der Waals surface area contributed by atoms with E-state index in [1.165, 1.54) is 18.4 Å². The van der Waals surface area contributed by atoms with E-state index in [4.69, 9.17) is 4.74 Å². The number of ether oxygens (including phenoxy) is 1. The van der Waals surface area contributed by atoms with Gasteiger partial charge in [-0.15, -0.1) is 0 Å². The normalized spacial score (nSPS) is 19.3. The topological polar surface area (TPSA) is 29.5 Å². The van der Waals surface area contributed by atoms with Crippen LogP contribution >= 0.6 is 0 Å². The van der Waals surface area contributed by atoms with Gasteiger partial charge in [0.2, 0.25) is 0 Å². The maximum Gasteiger partial charge on any atom is 0.337 e. The molecule has 0 spiro atoms. The van der Waals surface area contributed by atoms with Gasteiger partial charge in [0.1, 0.15) is 0 Å². The fourth-order valence-corrected chi connectivity index (χ4v) is 2.52. The summed E-state index contributed by atoms with van der Waals surface area (Å²) in [7, 11) is 3.51. The van der Waals surface area contributed by atoms with Gasteiger partial charge in [0.25, 0.3) is 0 Å². The average molecular weight is 263 g/mol. The summed E-state index contributed by atoms with van der Waals surface area (Å²) in [6, 6.07) is 6.22. The first-order valence-electron chi connectivity index (χ1n) is 6.85. The number of hydrogen-bond acceptors (Lipinski definition) is 3. The van der Waals surface area contributed by atoms with Crippen molar-refractivity contribution in [3.63, 3.8) is 0 Å². The highest BCUT2D eigenvalue weighted by Gasteiger charge is 2.40. The Morgan fingerprint density at radius 1 is 1.32 bits per heavy atom. The lowest BCUT2D eigenvalue weighted by atomic mass is 9.81. The van der Waals surface area contributed by atoms with Crippen LogP contribution in [0.3, 0.4) is 0 Å². The van der Waals surface area contributed by atoms with Crippen LogP contribution in [-0.2, 0) is 10.2 Å². The predicted molar refractivity (Wildman–Crippen MR) is 80.0 cm³/mol. The SMILES string of the molecule is CC.COC(=O)c1ccc2c(c1)C(C)(C)C(C)N2C. The molecule has 1 aliphatic heterocycles. The van der Waals surface area contributed by atoms with Gasteiger partial charge in [-0.25, -0.2) is 4.79 Å². The largest absolute Gasteiger partial charge is 0.465 e.